The number of amides is 4. The summed E-state index contributed by atoms with van der Waals surface area (Å²) in [5.74, 6) is 1.44. The van der Waals surface area contributed by atoms with Crippen LogP contribution in [0.5, 0.6) is 0 Å². The Hall–Kier alpha value is -3.09. The van der Waals surface area contributed by atoms with Gasteiger partial charge < -0.3 is 14.6 Å². The van der Waals surface area contributed by atoms with Crippen LogP contribution in [0.15, 0.2) is 46.9 Å². The highest BCUT2D eigenvalue weighted by atomic mass is 16.3. The fourth-order valence-electron chi connectivity index (χ4n) is 4.21. The lowest BCUT2D eigenvalue weighted by Gasteiger charge is -2.38. The molecule has 3 heterocycles. The number of nitrogens with zero attached hydrogens (tertiary/aromatic N) is 1. The van der Waals surface area contributed by atoms with Crippen molar-refractivity contribution < 1.29 is 18.8 Å². The number of furan rings is 1. The summed E-state index contributed by atoms with van der Waals surface area (Å²) in [7, 11) is 0. The summed E-state index contributed by atoms with van der Waals surface area (Å²) >= 11 is 0. The Bertz CT molecular complexity index is 915. The molecule has 1 aromatic carbocycles. The molecule has 2 aromatic rings. The smallest absolute Gasteiger partial charge is 0.322 e. The Morgan fingerprint density at radius 2 is 1.86 bits per heavy atom. The van der Waals surface area contributed by atoms with Gasteiger partial charge in [-0.15, -0.1) is 0 Å². The molecule has 1 atom stereocenters. The lowest BCUT2D eigenvalue weighted by atomic mass is 9.79. The van der Waals surface area contributed by atoms with Crippen molar-refractivity contribution in [2.45, 2.75) is 38.1 Å². The average Bonchev–Trinajstić information content (AvgIpc) is 3.31. The highest BCUT2D eigenvalue weighted by molar-refractivity contribution is 6.07. The maximum atomic E-state index is 12.6. The van der Waals surface area contributed by atoms with Crippen LogP contribution < -0.4 is 10.6 Å². The number of aryl methyl sites for hydroxylation is 1. The van der Waals surface area contributed by atoms with Crippen molar-refractivity contribution in [2.75, 3.05) is 13.1 Å². The zero-order valence-corrected chi connectivity index (χ0v) is 16.4. The molecular weight excluding hydrogens is 370 g/mol. The summed E-state index contributed by atoms with van der Waals surface area (Å²) in [6.45, 7) is 2.95. The second-order valence-corrected chi connectivity index (χ2v) is 7.90. The van der Waals surface area contributed by atoms with Crippen LogP contribution in [0.1, 0.15) is 31.9 Å². The molecule has 2 N–H and O–H groups in total. The van der Waals surface area contributed by atoms with Crippen molar-refractivity contribution in [3.8, 4) is 11.3 Å². The molecule has 4 amide bonds. The number of likely N-dealkylation sites (tertiary alicyclic amines) is 1. The fourth-order valence-corrected chi connectivity index (χ4v) is 4.21. The van der Waals surface area contributed by atoms with E-state index in [9.17, 15) is 14.4 Å². The highest BCUT2D eigenvalue weighted by Crippen LogP contribution is 2.31. The lowest BCUT2D eigenvalue weighted by molar-refractivity contribution is -0.133. The normalized spacial score (nSPS) is 22.4. The average molecular weight is 395 g/mol. The van der Waals surface area contributed by atoms with Crippen LogP contribution in [-0.4, -0.2) is 41.4 Å². The molecule has 0 unspecified atom stereocenters. The first-order chi connectivity index (χ1) is 14.0. The number of hydrogen-bond acceptors (Lipinski definition) is 4. The van der Waals surface area contributed by atoms with Crippen molar-refractivity contribution in [1.82, 2.24) is 15.5 Å². The van der Waals surface area contributed by atoms with Gasteiger partial charge in [-0.1, -0.05) is 30.3 Å². The molecule has 0 spiro atoms. The first kappa shape index (κ1) is 19.2. The van der Waals surface area contributed by atoms with E-state index in [1.165, 1.54) is 0 Å². The highest BCUT2D eigenvalue weighted by Gasteiger charge is 2.48. The summed E-state index contributed by atoms with van der Waals surface area (Å²) in [6, 6.07) is 13.3. The van der Waals surface area contributed by atoms with Crippen LogP contribution in [0.25, 0.3) is 11.3 Å². The molecule has 2 aliphatic rings. The molecule has 0 bridgehead atoms. The Morgan fingerprint density at radius 3 is 2.52 bits per heavy atom. The lowest BCUT2D eigenvalue weighted by Crippen LogP contribution is -2.54. The van der Waals surface area contributed by atoms with Crippen LogP contribution in [0, 0.1) is 5.92 Å². The van der Waals surface area contributed by atoms with Crippen LogP contribution >= 0.6 is 0 Å². The van der Waals surface area contributed by atoms with Crippen molar-refractivity contribution in [3.05, 3.63) is 48.2 Å². The topological polar surface area (TPSA) is 91.7 Å². The summed E-state index contributed by atoms with van der Waals surface area (Å²) < 4.78 is 5.87. The SMILES string of the molecule is C[C@@]1(C2CCN(C(=O)CCc3ccc(-c4ccccc4)o3)CC2)NC(=O)NC1=O. The first-order valence-corrected chi connectivity index (χ1v) is 10.0. The minimum atomic E-state index is -0.881. The van der Waals surface area contributed by atoms with Crippen molar-refractivity contribution in [2.24, 2.45) is 5.92 Å². The van der Waals surface area contributed by atoms with E-state index in [0.29, 0.717) is 38.8 Å². The molecule has 152 valence electrons. The van der Waals surface area contributed by atoms with E-state index in [1.807, 2.05) is 47.4 Å². The van der Waals surface area contributed by atoms with Gasteiger partial charge in [0.25, 0.3) is 5.91 Å². The predicted molar refractivity (Wildman–Crippen MR) is 107 cm³/mol. The standard InChI is InChI=1S/C22H25N3O4/c1-22(20(27)23-21(28)24-22)16-11-13-25(14-12-16)19(26)10-8-17-7-9-18(29-17)15-5-3-2-4-6-15/h2-7,9,16H,8,10-14H2,1H3,(H2,23,24,27,28)/t22-/m0/s1. The van der Waals surface area contributed by atoms with E-state index in [2.05, 4.69) is 10.6 Å². The first-order valence-electron chi connectivity index (χ1n) is 10.0. The number of hydrogen-bond donors (Lipinski definition) is 2. The monoisotopic (exact) mass is 395 g/mol. The van der Waals surface area contributed by atoms with Gasteiger partial charge in [-0.05, 0) is 37.8 Å². The van der Waals surface area contributed by atoms with E-state index in [-0.39, 0.29) is 17.7 Å². The van der Waals surface area contributed by atoms with E-state index < -0.39 is 11.6 Å². The molecule has 4 rings (SSSR count). The second-order valence-electron chi connectivity index (χ2n) is 7.90. The van der Waals surface area contributed by atoms with E-state index in [0.717, 1.165) is 17.1 Å². The molecule has 2 saturated heterocycles. The van der Waals surface area contributed by atoms with Crippen molar-refractivity contribution in [1.29, 1.82) is 0 Å². The van der Waals surface area contributed by atoms with Gasteiger partial charge >= 0.3 is 6.03 Å². The van der Waals surface area contributed by atoms with E-state index in [1.54, 1.807) is 6.92 Å². The van der Waals surface area contributed by atoms with Crippen molar-refractivity contribution >= 4 is 17.8 Å². The summed E-state index contributed by atoms with van der Waals surface area (Å²) in [4.78, 5) is 38.0. The summed E-state index contributed by atoms with van der Waals surface area (Å²) in [5.41, 5.74) is 0.137. The second kappa shape index (κ2) is 7.73. The third-order valence-electron chi connectivity index (χ3n) is 6.04. The molecule has 29 heavy (non-hydrogen) atoms. The van der Waals surface area contributed by atoms with Crippen LogP contribution in [0.2, 0.25) is 0 Å². The molecule has 1 aromatic heterocycles. The Morgan fingerprint density at radius 1 is 1.14 bits per heavy atom. The number of rotatable bonds is 5. The zero-order valence-electron chi connectivity index (χ0n) is 16.4. The molecule has 2 aliphatic heterocycles. The number of urea groups is 1. The summed E-state index contributed by atoms with van der Waals surface area (Å²) in [6.07, 6.45) is 2.33. The van der Waals surface area contributed by atoms with Gasteiger partial charge in [0.1, 0.15) is 17.1 Å². The fraction of sp³-hybridized carbons (Fsp3) is 0.409. The zero-order chi connectivity index (χ0) is 20.4. The number of imide groups is 1. The molecule has 0 saturated carbocycles. The van der Waals surface area contributed by atoms with Gasteiger partial charge in [0.15, 0.2) is 0 Å². The Kier molecular flexibility index (Phi) is 5.13. The third kappa shape index (κ3) is 3.90. The number of benzene rings is 1. The quantitative estimate of drug-likeness (QED) is 0.762. The number of carbonyl (C=O) groups excluding carboxylic acids is 3. The largest absolute Gasteiger partial charge is 0.461 e. The summed E-state index contributed by atoms with van der Waals surface area (Å²) in [5, 5.41) is 5.05. The van der Waals surface area contributed by atoms with Gasteiger partial charge in [-0.25, -0.2) is 4.79 Å². The molecule has 7 heteroatoms. The van der Waals surface area contributed by atoms with Crippen molar-refractivity contribution in [3.63, 3.8) is 0 Å². The van der Waals surface area contributed by atoms with Gasteiger partial charge in [-0.3, -0.25) is 14.9 Å². The minimum absolute atomic E-state index is 0.0245. The van der Waals surface area contributed by atoms with Gasteiger partial charge in [0.2, 0.25) is 5.91 Å². The number of nitrogens with one attached hydrogen (secondary N) is 2. The number of piperidine rings is 1. The van der Waals surface area contributed by atoms with Crippen LogP contribution in [-0.2, 0) is 16.0 Å². The Labute approximate surface area is 169 Å². The minimum Gasteiger partial charge on any atom is -0.461 e. The van der Waals surface area contributed by atoms with Crippen LogP contribution in [0.3, 0.4) is 0 Å². The number of carbonyl (C=O) groups is 3. The predicted octanol–water partition coefficient (Wildman–Crippen LogP) is 2.72. The Balaban J connectivity index is 1.28. The molecule has 0 radical (unpaired) electrons. The molecule has 0 aliphatic carbocycles. The third-order valence-corrected chi connectivity index (χ3v) is 6.04. The maximum absolute atomic E-state index is 12.6. The van der Waals surface area contributed by atoms with E-state index in [4.69, 9.17) is 4.42 Å². The van der Waals surface area contributed by atoms with Gasteiger partial charge in [0, 0.05) is 31.5 Å². The maximum Gasteiger partial charge on any atom is 0.322 e. The van der Waals surface area contributed by atoms with Gasteiger partial charge in [-0.2, -0.15) is 0 Å². The molecule has 7 nitrogen and oxygen atoms in total. The van der Waals surface area contributed by atoms with Crippen LogP contribution in [0.4, 0.5) is 4.79 Å². The molecule has 2 fully saturated rings. The van der Waals surface area contributed by atoms with Gasteiger partial charge in [0.05, 0.1) is 0 Å². The molecular formula is C22H25N3O4. The van der Waals surface area contributed by atoms with E-state index >= 15 is 0 Å².